The van der Waals surface area contributed by atoms with E-state index in [9.17, 15) is 18.0 Å². The number of halogens is 3. The van der Waals surface area contributed by atoms with Crippen molar-refractivity contribution in [2.45, 2.75) is 18.8 Å². The minimum Gasteiger partial charge on any atom is -0.462 e. The summed E-state index contributed by atoms with van der Waals surface area (Å²) in [5, 5.41) is 1.87. The van der Waals surface area contributed by atoms with Gasteiger partial charge in [0.2, 0.25) is 0 Å². The van der Waals surface area contributed by atoms with Crippen molar-refractivity contribution >= 4 is 5.97 Å². The highest BCUT2D eigenvalue weighted by Gasteiger charge is 2.64. The van der Waals surface area contributed by atoms with Crippen molar-refractivity contribution in [1.29, 1.82) is 0 Å². The number of carbonyl (C=O) groups excluding carboxylic acids is 1. The Morgan fingerprint density at radius 2 is 1.84 bits per heavy atom. The highest BCUT2D eigenvalue weighted by atomic mass is 19.4. The van der Waals surface area contributed by atoms with E-state index in [2.05, 4.69) is 4.74 Å². The minimum absolute atomic E-state index is 0.0952. The monoisotopic (exact) mass is 277 g/mol. The average Bonchev–Trinajstić information content (AvgIpc) is 2.36. The van der Waals surface area contributed by atoms with Crippen molar-refractivity contribution in [2.75, 3.05) is 13.7 Å². The smallest absolute Gasteiger partial charge is 0.454 e. The van der Waals surface area contributed by atoms with Gasteiger partial charge in [-0.3, -0.25) is 5.32 Å². The van der Waals surface area contributed by atoms with Gasteiger partial charge < -0.3 is 9.47 Å². The first-order valence-electron chi connectivity index (χ1n) is 5.54. The molecule has 1 aromatic rings. The molecule has 0 aliphatic heterocycles. The molecule has 0 fully saturated rings. The van der Waals surface area contributed by atoms with Gasteiger partial charge in [0, 0.05) is 0 Å². The van der Waals surface area contributed by atoms with Crippen molar-refractivity contribution < 1.29 is 27.4 Å². The number of hydrogen-bond acceptors (Lipinski definition) is 4. The molecule has 0 bridgehead atoms. The summed E-state index contributed by atoms with van der Waals surface area (Å²) in [6.45, 7) is 1.23. The molecule has 1 rings (SSSR count). The lowest BCUT2D eigenvalue weighted by molar-refractivity contribution is -0.261. The zero-order valence-electron chi connectivity index (χ0n) is 10.5. The second-order valence-corrected chi connectivity index (χ2v) is 3.56. The molecule has 1 unspecified atom stereocenters. The van der Waals surface area contributed by atoms with E-state index in [1.807, 2.05) is 5.32 Å². The number of hydrogen-bond donors (Lipinski definition) is 1. The fourth-order valence-electron chi connectivity index (χ4n) is 1.41. The van der Waals surface area contributed by atoms with Crippen LogP contribution in [0.3, 0.4) is 0 Å². The van der Waals surface area contributed by atoms with Crippen molar-refractivity contribution in [1.82, 2.24) is 5.32 Å². The Labute approximate surface area is 108 Å². The number of carbonyl (C=O) groups is 1. The lowest BCUT2D eigenvalue weighted by Crippen LogP contribution is -2.65. The van der Waals surface area contributed by atoms with Crippen LogP contribution in [0.2, 0.25) is 0 Å². The van der Waals surface area contributed by atoms with E-state index in [1.54, 1.807) is 6.07 Å². The van der Waals surface area contributed by atoms with E-state index in [-0.39, 0.29) is 12.4 Å². The van der Waals surface area contributed by atoms with E-state index in [0.717, 1.165) is 7.05 Å². The third-order valence-corrected chi connectivity index (χ3v) is 2.33. The Kier molecular flexibility index (Phi) is 4.77. The van der Waals surface area contributed by atoms with Crippen molar-refractivity contribution in [2.24, 2.45) is 0 Å². The highest BCUT2D eigenvalue weighted by molar-refractivity contribution is 5.80. The minimum atomic E-state index is -4.97. The number of ether oxygens (including phenoxy) is 2. The molecule has 1 atom stereocenters. The zero-order chi connectivity index (χ0) is 14.5. The van der Waals surface area contributed by atoms with Crippen LogP contribution in [0.15, 0.2) is 30.3 Å². The number of nitrogens with one attached hydrogen (secondary N) is 1. The van der Waals surface area contributed by atoms with Crippen LogP contribution in [-0.4, -0.2) is 31.5 Å². The number of likely N-dealkylation sites (N-methyl/N-ethyl adjacent to an activating group) is 1. The van der Waals surface area contributed by atoms with E-state index >= 15 is 0 Å². The Hall–Kier alpha value is -1.76. The summed E-state index contributed by atoms with van der Waals surface area (Å²) in [7, 11) is 0.980. The summed E-state index contributed by atoms with van der Waals surface area (Å²) in [6.07, 6.45) is -4.97. The van der Waals surface area contributed by atoms with Crippen LogP contribution in [0.1, 0.15) is 6.92 Å². The summed E-state index contributed by atoms with van der Waals surface area (Å²) in [4.78, 5) is 11.6. The van der Waals surface area contributed by atoms with Crippen LogP contribution in [0, 0.1) is 0 Å². The lowest BCUT2D eigenvalue weighted by atomic mass is 10.2. The number of benzene rings is 1. The molecule has 0 aliphatic carbocycles. The third kappa shape index (κ3) is 3.17. The van der Waals surface area contributed by atoms with Gasteiger partial charge in [0.25, 0.3) is 0 Å². The molecule has 19 heavy (non-hydrogen) atoms. The second-order valence-electron chi connectivity index (χ2n) is 3.56. The largest absolute Gasteiger partial charge is 0.462 e. The summed E-state index contributed by atoms with van der Waals surface area (Å²) >= 11 is 0. The standard InChI is InChI=1S/C12H14F3NO3/c1-3-18-10(17)11(16-2,12(13,14)15)19-9-7-5-4-6-8-9/h4-8,16H,3H2,1-2H3. The van der Waals surface area contributed by atoms with Crippen LogP contribution in [-0.2, 0) is 9.53 Å². The van der Waals surface area contributed by atoms with E-state index in [1.165, 1.54) is 31.2 Å². The number of esters is 1. The fourth-order valence-corrected chi connectivity index (χ4v) is 1.41. The highest BCUT2D eigenvalue weighted by Crippen LogP contribution is 2.33. The van der Waals surface area contributed by atoms with Gasteiger partial charge in [-0.05, 0) is 26.1 Å². The van der Waals surface area contributed by atoms with Gasteiger partial charge in [-0.2, -0.15) is 13.2 Å². The van der Waals surface area contributed by atoms with Crippen LogP contribution < -0.4 is 10.1 Å². The van der Waals surface area contributed by atoms with Gasteiger partial charge in [0.1, 0.15) is 5.75 Å². The maximum absolute atomic E-state index is 13.1. The van der Waals surface area contributed by atoms with Gasteiger partial charge in [-0.15, -0.1) is 0 Å². The van der Waals surface area contributed by atoms with Crippen molar-refractivity contribution in [3.8, 4) is 5.75 Å². The van der Waals surface area contributed by atoms with Gasteiger partial charge in [0.05, 0.1) is 6.61 Å². The average molecular weight is 277 g/mol. The van der Waals surface area contributed by atoms with Gasteiger partial charge >= 0.3 is 17.9 Å². The molecule has 0 saturated carbocycles. The molecule has 106 valence electrons. The fraction of sp³-hybridized carbons (Fsp3) is 0.417. The molecule has 0 aliphatic rings. The lowest BCUT2D eigenvalue weighted by Gasteiger charge is -2.32. The van der Waals surface area contributed by atoms with Crippen LogP contribution in [0.25, 0.3) is 0 Å². The van der Waals surface area contributed by atoms with E-state index in [0.29, 0.717) is 0 Å². The molecule has 0 amide bonds. The van der Waals surface area contributed by atoms with Gasteiger partial charge in [-0.1, -0.05) is 18.2 Å². The molecular formula is C12H14F3NO3. The predicted octanol–water partition coefficient (Wildman–Crippen LogP) is 2.11. The van der Waals surface area contributed by atoms with Crippen LogP contribution in [0.5, 0.6) is 5.75 Å². The van der Waals surface area contributed by atoms with Crippen LogP contribution >= 0.6 is 0 Å². The Bertz CT molecular complexity index is 422. The molecule has 1 N–H and O–H groups in total. The first-order chi connectivity index (χ1) is 8.87. The first kappa shape index (κ1) is 15.3. The number of rotatable bonds is 5. The summed E-state index contributed by atoms with van der Waals surface area (Å²) < 4.78 is 48.7. The maximum atomic E-state index is 13.1. The number of para-hydroxylation sites is 1. The maximum Gasteiger partial charge on any atom is 0.454 e. The molecule has 0 heterocycles. The third-order valence-electron chi connectivity index (χ3n) is 2.33. The molecule has 0 saturated heterocycles. The molecular weight excluding hydrogens is 263 g/mol. The summed E-state index contributed by atoms with van der Waals surface area (Å²) in [5.41, 5.74) is -3.22. The zero-order valence-corrected chi connectivity index (χ0v) is 10.5. The van der Waals surface area contributed by atoms with Crippen LogP contribution in [0.4, 0.5) is 13.2 Å². The molecule has 7 heteroatoms. The molecule has 0 aromatic heterocycles. The summed E-state index contributed by atoms with van der Waals surface area (Å²) in [5.74, 6) is -1.63. The molecule has 4 nitrogen and oxygen atoms in total. The second kappa shape index (κ2) is 5.92. The quantitative estimate of drug-likeness (QED) is 0.661. The Balaban J connectivity index is 3.14. The first-order valence-corrected chi connectivity index (χ1v) is 5.54. The van der Waals surface area contributed by atoms with Gasteiger partial charge in [0.15, 0.2) is 0 Å². The Morgan fingerprint density at radius 1 is 1.26 bits per heavy atom. The van der Waals surface area contributed by atoms with Crippen molar-refractivity contribution in [3.05, 3.63) is 30.3 Å². The topological polar surface area (TPSA) is 47.6 Å². The van der Waals surface area contributed by atoms with Gasteiger partial charge in [-0.25, -0.2) is 4.79 Å². The SMILES string of the molecule is CCOC(=O)C(NC)(Oc1ccccc1)C(F)(F)F. The Morgan fingerprint density at radius 3 is 2.26 bits per heavy atom. The number of alkyl halides is 3. The normalized spacial score (nSPS) is 14.6. The molecule has 1 aromatic carbocycles. The molecule has 0 radical (unpaired) electrons. The van der Waals surface area contributed by atoms with Crippen molar-refractivity contribution in [3.63, 3.8) is 0 Å². The van der Waals surface area contributed by atoms with E-state index in [4.69, 9.17) is 4.74 Å². The summed E-state index contributed by atoms with van der Waals surface area (Å²) in [6, 6.07) is 7.24. The molecule has 0 spiro atoms. The van der Waals surface area contributed by atoms with E-state index < -0.39 is 17.9 Å². The predicted molar refractivity (Wildman–Crippen MR) is 61.5 cm³/mol.